The first kappa shape index (κ1) is 16.9. The molecule has 0 unspecified atom stereocenters. The number of thiazole rings is 1. The lowest BCUT2D eigenvalue weighted by Crippen LogP contribution is -2.27. The minimum Gasteiger partial charge on any atom is -0.355 e. The summed E-state index contributed by atoms with van der Waals surface area (Å²) in [7, 11) is 0. The molecule has 22 heavy (non-hydrogen) atoms. The van der Waals surface area contributed by atoms with E-state index in [9.17, 15) is 4.79 Å². The van der Waals surface area contributed by atoms with Crippen LogP contribution in [0.15, 0.2) is 12.1 Å². The Hall–Kier alpha value is -1.46. The van der Waals surface area contributed by atoms with Crippen molar-refractivity contribution in [2.75, 3.05) is 6.54 Å². The van der Waals surface area contributed by atoms with E-state index in [0.29, 0.717) is 13.0 Å². The van der Waals surface area contributed by atoms with Gasteiger partial charge in [0, 0.05) is 17.1 Å². The number of hydrogen-bond acceptors (Lipinski definition) is 3. The molecule has 0 fully saturated rings. The SMILES string of the molecule is Cc1cc(C)c(CCNC(=O)Cc2sc(=S)[nH]c2C)c(C)c1. The van der Waals surface area contributed by atoms with Gasteiger partial charge in [-0.25, -0.2) is 0 Å². The molecule has 2 rings (SSSR count). The third kappa shape index (κ3) is 4.27. The van der Waals surface area contributed by atoms with Gasteiger partial charge in [-0.05, 0) is 63.0 Å². The van der Waals surface area contributed by atoms with Crippen LogP contribution < -0.4 is 5.32 Å². The van der Waals surface area contributed by atoms with Gasteiger partial charge in [-0.2, -0.15) is 0 Å². The largest absolute Gasteiger partial charge is 0.355 e. The molecular weight excluding hydrogens is 312 g/mol. The van der Waals surface area contributed by atoms with Crippen LogP contribution in [0, 0.1) is 31.6 Å². The number of H-pyrrole nitrogens is 1. The molecule has 2 aromatic rings. The lowest BCUT2D eigenvalue weighted by atomic mass is 9.97. The summed E-state index contributed by atoms with van der Waals surface area (Å²) >= 11 is 6.57. The maximum atomic E-state index is 12.0. The third-order valence-electron chi connectivity index (χ3n) is 3.78. The Morgan fingerprint density at radius 3 is 2.41 bits per heavy atom. The monoisotopic (exact) mass is 334 g/mol. The van der Waals surface area contributed by atoms with Crippen molar-refractivity contribution in [3.63, 3.8) is 0 Å². The minimum atomic E-state index is 0.0516. The summed E-state index contributed by atoms with van der Waals surface area (Å²) in [5, 5.41) is 3.00. The number of amides is 1. The van der Waals surface area contributed by atoms with Gasteiger partial charge in [0.15, 0.2) is 3.95 Å². The normalized spacial score (nSPS) is 10.7. The van der Waals surface area contributed by atoms with Crippen LogP contribution >= 0.6 is 23.6 Å². The molecule has 1 aromatic carbocycles. The highest BCUT2D eigenvalue weighted by atomic mass is 32.1. The van der Waals surface area contributed by atoms with Crippen LogP contribution in [-0.2, 0) is 17.6 Å². The van der Waals surface area contributed by atoms with Crippen LogP contribution in [0.1, 0.15) is 32.8 Å². The molecule has 1 amide bonds. The number of aromatic nitrogens is 1. The fourth-order valence-corrected chi connectivity index (χ4v) is 4.04. The summed E-state index contributed by atoms with van der Waals surface area (Å²) in [5.74, 6) is 0.0516. The van der Waals surface area contributed by atoms with Gasteiger partial charge in [-0.3, -0.25) is 4.79 Å². The molecule has 118 valence electrons. The molecule has 0 aliphatic carbocycles. The van der Waals surface area contributed by atoms with Gasteiger partial charge in [-0.1, -0.05) is 17.7 Å². The number of benzene rings is 1. The van der Waals surface area contributed by atoms with Crippen LogP contribution in [-0.4, -0.2) is 17.4 Å². The molecule has 0 aliphatic rings. The molecule has 1 heterocycles. The van der Waals surface area contributed by atoms with E-state index < -0.39 is 0 Å². The first-order chi connectivity index (χ1) is 10.4. The van der Waals surface area contributed by atoms with Crippen molar-refractivity contribution in [1.29, 1.82) is 0 Å². The van der Waals surface area contributed by atoms with Gasteiger partial charge in [0.1, 0.15) is 0 Å². The zero-order chi connectivity index (χ0) is 16.3. The average molecular weight is 335 g/mol. The van der Waals surface area contributed by atoms with E-state index in [-0.39, 0.29) is 5.91 Å². The second-order valence-corrected chi connectivity index (χ2v) is 7.49. The summed E-state index contributed by atoms with van der Waals surface area (Å²) in [6, 6.07) is 4.39. The third-order valence-corrected chi connectivity index (χ3v) is 5.12. The first-order valence-corrected chi connectivity index (χ1v) is 8.61. The first-order valence-electron chi connectivity index (χ1n) is 7.39. The Labute approximate surface area is 140 Å². The van der Waals surface area contributed by atoms with Crippen molar-refractivity contribution in [1.82, 2.24) is 10.3 Å². The number of nitrogens with one attached hydrogen (secondary N) is 2. The Bertz CT molecular complexity index is 720. The Morgan fingerprint density at radius 2 is 1.86 bits per heavy atom. The molecule has 0 bridgehead atoms. The second-order valence-electron chi connectivity index (χ2n) is 5.72. The summed E-state index contributed by atoms with van der Waals surface area (Å²) < 4.78 is 0.728. The van der Waals surface area contributed by atoms with Crippen molar-refractivity contribution in [2.24, 2.45) is 0 Å². The Balaban J connectivity index is 1.90. The zero-order valence-corrected chi connectivity index (χ0v) is 15.1. The van der Waals surface area contributed by atoms with Gasteiger partial charge in [0.25, 0.3) is 0 Å². The quantitative estimate of drug-likeness (QED) is 0.814. The molecule has 3 nitrogen and oxygen atoms in total. The molecule has 0 atom stereocenters. The Morgan fingerprint density at radius 1 is 1.23 bits per heavy atom. The van der Waals surface area contributed by atoms with Crippen LogP contribution in [0.3, 0.4) is 0 Å². The van der Waals surface area contributed by atoms with Crippen molar-refractivity contribution in [3.8, 4) is 0 Å². The van der Waals surface area contributed by atoms with Gasteiger partial charge in [-0.15, -0.1) is 11.3 Å². The van der Waals surface area contributed by atoms with Gasteiger partial charge < -0.3 is 10.3 Å². The highest BCUT2D eigenvalue weighted by Crippen LogP contribution is 2.17. The molecular formula is C17H22N2OS2. The smallest absolute Gasteiger partial charge is 0.225 e. The maximum absolute atomic E-state index is 12.0. The average Bonchev–Trinajstić information content (AvgIpc) is 2.71. The molecule has 1 aromatic heterocycles. The van der Waals surface area contributed by atoms with E-state index in [1.807, 2.05) is 6.92 Å². The van der Waals surface area contributed by atoms with E-state index in [0.717, 1.165) is 20.9 Å². The zero-order valence-electron chi connectivity index (χ0n) is 13.5. The maximum Gasteiger partial charge on any atom is 0.225 e. The summed E-state index contributed by atoms with van der Waals surface area (Å²) in [4.78, 5) is 16.1. The van der Waals surface area contributed by atoms with Crippen LogP contribution in [0.4, 0.5) is 0 Å². The van der Waals surface area contributed by atoms with Crippen molar-refractivity contribution >= 4 is 29.5 Å². The van der Waals surface area contributed by atoms with E-state index in [2.05, 4.69) is 43.2 Å². The molecule has 0 radical (unpaired) electrons. The van der Waals surface area contributed by atoms with Crippen molar-refractivity contribution in [3.05, 3.63) is 48.9 Å². The molecule has 0 aliphatic heterocycles. The topological polar surface area (TPSA) is 44.9 Å². The number of hydrogen-bond donors (Lipinski definition) is 2. The van der Waals surface area contributed by atoms with Gasteiger partial charge >= 0.3 is 0 Å². The number of carbonyl (C=O) groups is 1. The van der Waals surface area contributed by atoms with Crippen molar-refractivity contribution in [2.45, 2.75) is 40.5 Å². The predicted octanol–water partition coefficient (Wildman–Crippen LogP) is 3.94. The molecule has 0 saturated heterocycles. The standard InChI is InChI=1S/C17H22N2OS2/c1-10-7-11(2)14(12(3)8-10)5-6-18-16(20)9-15-13(4)19-17(21)22-15/h7-8H,5-6,9H2,1-4H3,(H,18,20)(H,19,21). The number of carbonyl (C=O) groups excluding carboxylic acids is 1. The Kier molecular flexibility index (Phi) is 5.53. The minimum absolute atomic E-state index is 0.0516. The fraction of sp³-hybridized carbons (Fsp3) is 0.412. The predicted molar refractivity (Wildman–Crippen MR) is 95.3 cm³/mol. The highest BCUT2D eigenvalue weighted by molar-refractivity contribution is 7.73. The lowest BCUT2D eigenvalue weighted by Gasteiger charge is -2.12. The lowest BCUT2D eigenvalue weighted by molar-refractivity contribution is -0.120. The van der Waals surface area contributed by atoms with Gasteiger partial charge in [0.05, 0.1) is 6.42 Å². The van der Waals surface area contributed by atoms with Gasteiger partial charge in [0.2, 0.25) is 5.91 Å². The molecule has 0 saturated carbocycles. The molecule has 5 heteroatoms. The van der Waals surface area contributed by atoms with E-state index in [1.54, 1.807) is 0 Å². The van der Waals surface area contributed by atoms with E-state index >= 15 is 0 Å². The fourth-order valence-electron chi connectivity index (χ4n) is 2.74. The summed E-state index contributed by atoms with van der Waals surface area (Å²) in [5.41, 5.74) is 6.21. The molecule has 2 N–H and O–H groups in total. The van der Waals surface area contributed by atoms with Crippen LogP contribution in [0.5, 0.6) is 0 Å². The number of rotatable bonds is 5. The highest BCUT2D eigenvalue weighted by Gasteiger charge is 2.09. The number of aryl methyl sites for hydroxylation is 4. The number of aromatic amines is 1. The van der Waals surface area contributed by atoms with E-state index in [4.69, 9.17) is 12.2 Å². The summed E-state index contributed by atoms with van der Waals surface area (Å²) in [6.45, 7) is 8.99. The summed E-state index contributed by atoms with van der Waals surface area (Å²) in [6.07, 6.45) is 1.26. The van der Waals surface area contributed by atoms with Crippen LogP contribution in [0.25, 0.3) is 0 Å². The second kappa shape index (κ2) is 7.20. The molecule has 0 spiro atoms. The van der Waals surface area contributed by atoms with E-state index in [1.165, 1.54) is 33.6 Å². The van der Waals surface area contributed by atoms with Crippen LogP contribution in [0.2, 0.25) is 0 Å². The van der Waals surface area contributed by atoms with Crippen molar-refractivity contribution < 1.29 is 4.79 Å².